The summed E-state index contributed by atoms with van der Waals surface area (Å²) in [6.45, 7) is 14.5. The van der Waals surface area contributed by atoms with E-state index in [1.54, 1.807) is 75.8 Å². The number of alkyl halides is 4. The van der Waals surface area contributed by atoms with Gasteiger partial charge in [-0.05, 0) is 206 Å². The molecule has 16 heterocycles. The summed E-state index contributed by atoms with van der Waals surface area (Å²) in [4.78, 5) is 93.5. The zero-order valence-corrected chi connectivity index (χ0v) is 84.3. The van der Waals surface area contributed by atoms with Gasteiger partial charge in [0.15, 0.2) is 82.2 Å². The van der Waals surface area contributed by atoms with Crippen molar-refractivity contribution in [2.24, 2.45) is 0 Å². The molecule has 4 saturated heterocycles. The molecule has 0 bridgehead atoms. The van der Waals surface area contributed by atoms with Crippen LogP contribution in [-0.2, 0) is 70.3 Å². The van der Waals surface area contributed by atoms with Crippen LogP contribution in [0.25, 0.3) is 88.1 Å². The van der Waals surface area contributed by atoms with Crippen LogP contribution in [-0.4, -0.2) is 269 Å². The third-order valence-corrected chi connectivity index (χ3v) is 31.4. The first-order chi connectivity index (χ1) is 70.7. The topological polar surface area (TPSA) is 513 Å². The number of carbonyl (C=O) groups is 4. The highest BCUT2D eigenvalue weighted by molar-refractivity contribution is 7.92. The Morgan fingerprint density at radius 3 is 0.912 bits per heavy atom. The van der Waals surface area contributed by atoms with Crippen molar-refractivity contribution in [1.29, 1.82) is 0 Å². The number of nitrogens with zero attached hydrogens (tertiary/aromatic N) is 16. The van der Waals surface area contributed by atoms with Crippen molar-refractivity contribution >= 4 is 129 Å². The Morgan fingerprint density at radius 2 is 0.635 bits per heavy atom. The van der Waals surface area contributed by atoms with E-state index in [1.807, 2.05) is 96.2 Å². The Kier molecular flexibility index (Phi) is 31.4. The molecule has 0 unspecified atom stereocenters. The molecule has 0 aliphatic carbocycles. The Labute approximate surface area is 847 Å². The number of hydrogen-bond acceptors (Lipinski definition) is 30. The van der Waals surface area contributed by atoms with E-state index in [2.05, 4.69) is 124 Å². The third kappa shape index (κ3) is 25.7. The molecule has 20 rings (SSSR count). The van der Waals surface area contributed by atoms with Crippen molar-refractivity contribution in [2.75, 3.05) is 99.4 Å². The molecule has 4 aliphatic rings. The molecule has 768 valence electrons. The average molecular weight is 2090 g/mol. The number of H-pyrrole nitrogens is 4. The quantitative estimate of drug-likeness (QED) is 0.0227. The van der Waals surface area contributed by atoms with Crippen LogP contribution < -0.4 is 21.3 Å². The fourth-order valence-electron chi connectivity index (χ4n) is 17.1. The highest BCUT2D eigenvalue weighted by Crippen LogP contribution is 2.36. The number of hydrogen-bond donors (Lipinski definition) is 9. The second-order valence-electron chi connectivity index (χ2n) is 37.1. The van der Waals surface area contributed by atoms with Gasteiger partial charge in [0.25, 0.3) is 35.5 Å². The number of aromatic amines is 4. The molecule has 0 radical (unpaired) electrons. The number of anilines is 4. The highest BCUT2D eigenvalue weighted by Gasteiger charge is 2.39. The molecular formula is C102H104F4N24O14S4. The molecule has 0 saturated carbocycles. The van der Waals surface area contributed by atoms with Gasteiger partial charge in [0.1, 0.15) is 0 Å². The van der Waals surface area contributed by atoms with Gasteiger partial charge in [-0.3, -0.25) is 79.1 Å². The number of morpholine rings is 1. The molecule has 12 aromatic heterocycles. The molecule has 9 N–H and O–H groups in total. The molecule has 4 amide bonds. The number of ether oxygens (including phenoxy) is 1. The Balaban J connectivity index is 0.000000135. The maximum absolute atomic E-state index is 13.6. The predicted octanol–water partition coefficient (Wildman–Crippen LogP) is 14.1. The van der Waals surface area contributed by atoms with E-state index < -0.39 is 85.3 Å². The summed E-state index contributed by atoms with van der Waals surface area (Å²) in [5.74, 6) is -7.08. The fraction of sp³-hybridized carbons (Fsp3) is 0.294. The number of carbonyl (C=O) groups excluding carboxylic acids is 4. The maximum Gasteiger partial charge on any atom is 0.276 e. The fourth-order valence-corrected chi connectivity index (χ4v) is 20.1. The normalized spacial score (nSPS) is 15.5. The minimum absolute atomic E-state index is 0.0561. The lowest BCUT2D eigenvalue weighted by atomic mass is 10.0. The molecule has 4 fully saturated rings. The summed E-state index contributed by atoms with van der Waals surface area (Å²) >= 11 is 0. The van der Waals surface area contributed by atoms with Crippen LogP contribution in [0.5, 0.6) is 0 Å². The van der Waals surface area contributed by atoms with Gasteiger partial charge in [-0.15, -0.1) is 0 Å². The van der Waals surface area contributed by atoms with Gasteiger partial charge in [-0.2, -0.15) is 20.4 Å². The molecular weight excluding hydrogens is 1990 g/mol. The lowest BCUT2D eigenvalue weighted by Crippen LogP contribution is -2.38. The van der Waals surface area contributed by atoms with Gasteiger partial charge >= 0.3 is 0 Å². The SMILES string of the molecule is CC(C)S(=O)(=O)c1ccc(NC(=O)c2n[nH]c3ccc(-c4cncc(CN5CCC(F)(F)C5)c4)cc23)cn1.CC(C)S(=O)(=O)c1ccc(NC(=O)c2n[nH]c3ccc(-c4cncc(CN5CCC(F)(F)CC5)c4)cc23)cn1.CS(=O)(=O)c1ccc(NC(=O)c2n[nH]c3ccc(-c4cncc(CN5CCC(O)CC5)c4)cc23)cn1.CS(=O)(=O)c1ccc(NC(=O)c2n[nH]c3ccc(-c4cncc(CN5CCOCC5)c4)cc23)cn1. The van der Waals surface area contributed by atoms with Crippen molar-refractivity contribution in [3.8, 4) is 44.5 Å². The van der Waals surface area contributed by atoms with Crippen molar-refractivity contribution in [3.63, 3.8) is 0 Å². The highest BCUT2D eigenvalue weighted by atomic mass is 32.2. The number of benzene rings is 4. The van der Waals surface area contributed by atoms with Crippen molar-refractivity contribution in [2.45, 2.75) is 135 Å². The summed E-state index contributed by atoms with van der Waals surface area (Å²) in [5.41, 5.74) is 15.8. The van der Waals surface area contributed by atoms with E-state index in [0.29, 0.717) is 93.6 Å². The zero-order valence-electron chi connectivity index (χ0n) is 81.0. The molecule has 0 spiro atoms. The standard InChI is InChI=1S/C27H28F2N6O3S.C26H26F2N6O3S.C25H26N6O4S.C24H24N6O4S/c1-17(2)39(37,38)24-6-4-21(15-31-24)32-26(36)25-22-12-19(3-5-23(22)33-34-25)20-11-18(13-30-14-20)16-35-9-7-27(28,29)8-10-35;1-16(2)38(36,37)23-6-4-20(13-30-23)31-25(35)24-21-10-18(3-5-22(21)32-33-24)19-9-17(11-29-12-19)14-34-8-7-26(27,28)15-34;1-36(34,35)23-5-3-19(14-27-23)28-25(33)24-21-11-17(2-4-22(21)29-30-24)18-10-16(12-26-13-18)15-31-8-6-20(32)7-9-31;1-35(32,33)22-5-3-19(14-26-22)27-24(31)23-20-11-17(2-4-21(20)28-29-23)18-10-16(12-25-13-18)15-30-6-8-34-9-7-30/h3-6,11-15,17H,7-10,16H2,1-2H3,(H,32,36)(H,33,34);3-6,9-13,16H,7-8,14-15H2,1-2H3,(H,31,35)(H,32,33);2-5,10-14,20,32H,6-9,15H2,1H3,(H,28,33)(H,29,30);2-5,10-14H,6-9,15H2,1H3,(H,27,31)(H,28,29). The number of sulfone groups is 4. The van der Waals surface area contributed by atoms with Gasteiger partial charge in [-0.1, -0.05) is 24.3 Å². The number of aliphatic hydroxyl groups excluding tert-OH is 1. The maximum atomic E-state index is 13.6. The lowest BCUT2D eigenvalue weighted by Gasteiger charge is -2.31. The van der Waals surface area contributed by atoms with Crippen LogP contribution in [0.2, 0.25) is 0 Å². The number of amides is 4. The largest absolute Gasteiger partial charge is 0.393 e. The van der Waals surface area contributed by atoms with Crippen LogP contribution in [0.3, 0.4) is 0 Å². The van der Waals surface area contributed by atoms with E-state index in [1.165, 1.54) is 73.3 Å². The minimum atomic E-state index is -3.52. The molecule has 4 aliphatic heterocycles. The molecule has 148 heavy (non-hydrogen) atoms. The monoisotopic (exact) mass is 2090 g/mol. The molecule has 4 aromatic carbocycles. The number of fused-ring (bicyclic) bond motifs is 4. The first-order valence-corrected chi connectivity index (χ1v) is 54.1. The first-order valence-electron chi connectivity index (χ1n) is 47.2. The molecule has 0 atom stereocenters. The summed E-state index contributed by atoms with van der Waals surface area (Å²) in [6.07, 6.45) is 22.4. The van der Waals surface area contributed by atoms with Crippen LogP contribution in [0.1, 0.15) is 124 Å². The average Bonchev–Trinajstić information content (AvgIpc) is 1.64. The van der Waals surface area contributed by atoms with Crippen molar-refractivity contribution in [1.82, 2.24) is 100 Å². The van der Waals surface area contributed by atoms with E-state index in [4.69, 9.17) is 4.74 Å². The number of pyridine rings is 8. The number of aromatic nitrogens is 16. The second kappa shape index (κ2) is 44.4. The van der Waals surface area contributed by atoms with Crippen LogP contribution in [0.4, 0.5) is 40.3 Å². The van der Waals surface area contributed by atoms with Crippen molar-refractivity contribution in [3.05, 3.63) is 265 Å². The van der Waals surface area contributed by atoms with Gasteiger partial charge in [0, 0.05) is 197 Å². The van der Waals surface area contributed by atoms with Crippen molar-refractivity contribution < 1.29 is 80.3 Å². The zero-order chi connectivity index (χ0) is 105. The number of rotatable bonds is 26. The smallest absolute Gasteiger partial charge is 0.276 e. The van der Waals surface area contributed by atoms with Gasteiger partial charge in [0.05, 0.1) is 106 Å². The molecule has 38 nitrogen and oxygen atoms in total. The lowest BCUT2D eigenvalue weighted by molar-refractivity contribution is -0.0566. The molecule has 16 aromatic rings. The van der Waals surface area contributed by atoms with E-state index in [-0.39, 0.29) is 74.8 Å². The van der Waals surface area contributed by atoms with Crippen LogP contribution >= 0.6 is 0 Å². The Bertz CT molecular complexity index is 8090. The predicted molar refractivity (Wildman–Crippen MR) is 548 cm³/mol. The summed E-state index contributed by atoms with van der Waals surface area (Å²) in [6, 6.07) is 42.0. The third-order valence-electron chi connectivity index (χ3n) is 25.3. The first kappa shape index (κ1) is 104. The van der Waals surface area contributed by atoms with E-state index >= 15 is 0 Å². The number of likely N-dealkylation sites (tertiary alicyclic amines) is 3. The van der Waals surface area contributed by atoms with Gasteiger partial charge in [0.2, 0.25) is 0 Å². The second-order valence-corrected chi connectivity index (χ2v) is 45.9. The van der Waals surface area contributed by atoms with Gasteiger partial charge in [-0.25, -0.2) is 71.2 Å². The van der Waals surface area contributed by atoms with Gasteiger partial charge < -0.3 is 31.1 Å². The Morgan fingerprint density at radius 1 is 0.358 bits per heavy atom. The number of nitrogens with one attached hydrogen (secondary N) is 8. The minimum Gasteiger partial charge on any atom is -0.393 e. The van der Waals surface area contributed by atoms with E-state index in [0.717, 1.165) is 150 Å². The summed E-state index contributed by atoms with van der Waals surface area (Å²) < 4.78 is 155. The Hall–Kier alpha value is -14.9. The summed E-state index contributed by atoms with van der Waals surface area (Å²) in [7, 11) is -13.9. The van der Waals surface area contributed by atoms with Crippen LogP contribution in [0, 0.1) is 0 Å². The number of aliphatic hydroxyl groups is 1. The van der Waals surface area contributed by atoms with E-state index in [9.17, 15) is 75.5 Å². The summed E-state index contributed by atoms with van der Waals surface area (Å²) in [5, 5.41) is 49.8. The number of halogens is 4. The van der Waals surface area contributed by atoms with Crippen LogP contribution in [0.15, 0.2) is 240 Å². The number of piperidine rings is 2. The molecule has 46 heteroatoms.